The predicted molar refractivity (Wildman–Crippen MR) is 148 cm³/mol. The smallest absolute Gasteiger partial charge is 0.416 e. The van der Waals surface area contributed by atoms with Crippen LogP contribution in [0.15, 0.2) is 65.5 Å². The van der Waals surface area contributed by atoms with Gasteiger partial charge >= 0.3 is 12.1 Å². The van der Waals surface area contributed by atoms with E-state index in [-0.39, 0.29) is 36.3 Å². The van der Waals surface area contributed by atoms with Crippen molar-refractivity contribution in [2.45, 2.75) is 32.2 Å². The number of carbonyl (C=O) groups excluding carboxylic acids is 1. The first kappa shape index (κ1) is 29.5. The predicted octanol–water partition coefficient (Wildman–Crippen LogP) is 6.31. The van der Waals surface area contributed by atoms with Crippen LogP contribution in [0.1, 0.15) is 34.3 Å². The number of Topliss-reactive ketones (excluding diaryl/α,β-unsaturated/α-hetero) is 1. The highest BCUT2D eigenvalue weighted by atomic mass is 35.5. The minimum absolute atomic E-state index is 0.0112. The lowest BCUT2D eigenvalue weighted by atomic mass is 9.84. The second-order valence-corrected chi connectivity index (χ2v) is 10.9. The first-order valence-corrected chi connectivity index (χ1v) is 13.6. The van der Waals surface area contributed by atoms with E-state index >= 15 is 0 Å². The molecule has 1 N–H and O–H groups in total. The summed E-state index contributed by atoms with van der Waals surface area (Å²) in [5.74, 6) is -3.75. The zero-order valence-corrected chi connectivity index (χ0v) is 23.2. The van der Waals surface area contributed by atoms with Crippen LogP contribution in [0.25, 0.3) is 10.9 Å². The van der Waals surface area contributed by atoms with Crippen molar-refractivity contribution in [3.05, 3.63) is 97.8 Å². The molecular weight excluding hydrogens is 598 g/mol. The number of alkyl halides is 3. The van der Waals surface area contributed by atoms with E-state index in [0.717, 1.165) is 22.4 Å². The molecule has 4 aromatic rings. The van der Waals surface area contributed by atoms with Crippen LogP contribution >= 0.6 is 23.2 Å². The molecule has 1 aromatic heterocycles. The third kappa shape index (κ3) is 6.12. The number of hydrogen-bond donors (Lipinski definition) is 1. The Labute approximate surface area is 246 Å². The Kier molecular flexibility index (Phi) is 8.25. The molecule has 8 nitrogen and oxygen atoms in total. The molecule has 0 bridgehead atoms. The van der Waals surface area contributed by atoms with Crippen molar-refractivity contribution in [2.75, 3.05) is 0 Å². The largest absolute Gasteiger partial charge is 0.489 e. The number of ether oxygens (including phenoxy) is 1. The molecule has 0 amide bonds. The molecule has 1 saturated carbocycles. The number of hydrogen-bond acceptors (Lipinski definition) is 6. The van der Waals surface area contributed by atoms with E-state index in [0.29, 0.717) is 33.8 Å². The van der Waals surface area contributed by atoms with E-state index in [1.807, 2.05) is 0 Å². The standard InChI is InChI=1S/C29H22Cl2F3N3O5/c30-22-9-1-15(11-23(22)31)14-42-19-6-2-16(3-7-19)26(38)20-8-4-17(25(20)28(40)41)13-37-27(39)21-12-18(29(32,33)34)5-10-24(21)35-36-37/h1-3,5-7,9-12,17,20,25H,4,8,13-14H2,(H,40,41)/t17-,20-,25-/m0/s1. The highest BCUT2D eigenvalue weighted by Crippen LogP contribution is 2.40. The van der Waals surface area contributed by atoms with E-state index < -0.39 is 41.0 Å². The van der Waals surface area contributed by atoms with Gasteiger partial charge in [-0.25, -0.2) is 4.68 Å². The highest BCUT2D eigenvalue weighted by Gasteiger charge is 2.45. The van der Waals surface area contributed by atoms with Gasteiger partial charge in [-0.15, -0.1) is 5.10 Å². The van der Waals surface area contributed by atoms with Crippen LogP contribution in [-0.2, 0) is 24.1 Å². The summed E-state index contributed by atoms with van der Waals surface area (Å²) in [6.07, 6.45) is -4.10. The summed E-state index contributed by atoms with van der Waals surface area (Å²) in [5, 5.41) is 18.2. The molecule has 42 heavy (non-hydrogen) atoms. The van der Waals surface area contributed by atoms with Crippen molar-refractivity contribution in [1.82, 2.24) is 15.0 Å². The number of fused-ring (bicyclic) bond motifs is 1. The normalized spacial score (nSPS) is 18.7. The van der Waals surface area contributed by atoms with Crippen LogP contribution in [0.4, 0.5) is 13.2 Å². The zero-order valence-electron chi connectivity index (χ0n) is 21.6. The van der Waals surface area contributed by atoms with Crippen LogP contribution in [0.5, 0.6) is 5.75 Å². The van der Waals surface area contributed by atoms with Crippen LogP contribution < -0.4 is 10.3 Å². The number of carbonyl (C=O) groups is 2. The van der Waals surface area contributed by atoms with Gasteiger partial charge in [0.25, 0.3) is 5.56 Å². The summed E-state index contributed by atoms with van der Waals surface area (Å²) in [4.78, 5) is 38.6. The Bertz CT molecular complexity index is 1730. The maximum absolute atomic E-state index is 13.4. The summed E-state index contributed by atoms with van der Waals surface area (Å²) >= 11 is 12.0. The second-order valence-electron chi connectivity index (χ2n) is 10.0. The lowest BCUT2D eigenvalue weighted by molar-refractivity contribution is -0.144. The van der Waals surface area contributed by atoms with Crippen LogP contribution in [0.2, 0.25) is 10.0 Å². The molecule has 0 saturated heterocycles. The molecule has 5 rings (SSSR count). The lowest BCUT2D eigenvalue weighted by Gasteiger charge is -2.20. The number of ketones is 1. The third-order valence-electron chi connectivity index (χ3n) is 7.40. The highest BCUT2D eigenvalue weighted by molar-refractivity contribution is 6.42. The number of carboxylic acid groups (broad SMARTS) is 1. The third-order valence-corrected chi connectivity index (χ3v) is 8.14. The van der Waals surface area contributed by atoms with E-state index in [2.05, 4.69) is 10.3 Å². The van der Waals surface area contributed by atoms with Gasteiger partial charge in [-0.3, -0.25) is 14.4 Å². The first-order valence-electron chi connectivity index (χ1n) is 12.8. The van der Waals surface area contributed by atoms with E-state index in [4.69, 9.17) is 27.9 Å². The average Bonchev–Trinajstić information content (AvgIpc) is 3.38. The Morgan fingerprint density at radius 3 is 2.40 bits per heavy atom. The average molecular weight is 620 g/mol. The number of rotatable bonds is 8. The molecular formula is C29H22Cl2F3N3O5. The summed E-state index contributed by atoms with van der Waals surface area (Å²) < 4.78 is 46.1. The lowest BCUT2D eigenvalue weighted by Crippen LogP contribution is -2.34. The molecule has 218 valence electrons. The minimum atomic E-state index is -4.66. The number of aromatic nitrogens is 3. The van der Waals surface area contributed by atoms with Crippen LogP contribution in [-0.4, -0.2) is 31.9 Å². The van der Waals surface area contributed by atoms with Crippen molar-refractivity contribution >= 4 is 45.9 Å². The fraction of sp³-hybridized carbons (Fsp3) is 0.276. The number of aliphatic carboxylic acids is 1. The molecule has 1 fully saturated rings. The Hall–Kier alpha value is -3.96. The first-order chi connectivity index (χ1) is 19.9. The van der Waals surface area contributed by atoms with Gasteiger partial charge in [-0.05, 0) is 78.9 Å². The van der Waals surface area contributed by atoms with Gasteiger partial charge < -0.3 is 9.84 Å². The van der Waals surface area contributed by atoms with Gasteiger partial charge in [0.1, 0.15) is 17.9 Å². The fourth-order valence-electron chi connectivity index (χ4n) is 5.27. The minimum Gasteiger partial charge on any atom is -0.489 e. The van der Waals surface area contributed by atoms with Crippen molar-refractivity contribution in [2.24, 2.45) is 17.8 Å². The van der Waals surface area contributed by atoms with E-state index in [1.54, 1.807) is 42.5 Å². The fourth-order valence-corrected chi connectivity index (χ4v) is 5.59. The molecule has 0 unspecified atom stereocenters. The topological polar surface area (TPSA) is 111 Å². The summed E-state index contributed by atoms with van der Waals surface area (Å²) in [5.41, 5.74) is -0.741. The Balaban J connectivity index is 1.30. The molecule has 1 aliphatic rings. The van der Waals surface area contributed by atoms with Gasteiger partial charge in [0, 0.05) is 11.5 Å². The van der Waals surface area contributed by atoms with Gasteiger partial charge in [0.2, 0.25) is 0 Å². The van der Waals surface area contributed by atoms with Crippen LogP contribution in [0.3, 0.4) is 0 Å². The summed E-state index contributed by atoms with van der Waals surface area (Å²) in [6.45, 7) is 0.00435. The van der Waals surface area contributed by atoms with E-state index in [9.17, 15) is 32.7 Å². The van der Waals surface area contributed by atoms with Gasteiger partial charge in [0.15, 0.2) is 5.78 Å². The maximum atomic E-state index is 13.4. The monoisotopic (exact) mass is 619 g/mol. The van der Waals surface area contributed by atoms with Crippen molar-refractivity contribution in [3.8, 4) is 5.75 Å². The summed E-state index contributed by atoms with van der Waals surface area (Å²) in [7, 11) is 0. The van der Waals surface area contributed by atoms with Gasteiger partial charge in [-0.2, -0.15) is 13.2 Å². The zero-order chi connectivity index (χ0) is 30.2. The van der Waals surface area contributed by atoms with Gasteiger partial charge in [0.05, 0.1) is 33.5 Å². The number of carboxylic acids is 1. The molecule has 1 heterocycles. The molecule has 0 spiro atoms. The van der Waals surface area contributed by atoms with E-state index in [1.165, 1.54) is 0 Å². The quantitative estimate of drug-likeness (QED) is 0.230. The molecule has 13 heteroatoms. The Morgan fingerprint density at radius 2 is 1.74 bits per heavy atom. The van der Waals surface area contributed by atoms with Crippen LogP contribution in [0, 0.1) is 17.8 Å². The Morgan fingerprint density at radius 1 is 1.00 bits per heavy atom. The number of benzene rings is 3. The van der Waals surface area contributed by atoms with Crippen molar-refractivity contribution < 1.29 is 32.6 Å². The van der Waals surface area contributed by atoms with Gasteiger partial charge in [-0.1, -0.05) is 34.5 Å². The molecule has 1 aliphatic carbocycles. The molecule has 0 aliphatic heterocycles. The molecule has 0 radical (unpaired) electrons. The molecule has 3 aromatic carbocycles. The SMILES string of the molecule is O=C(O)[C@H]1[C@H](Cn2nnc3ccc(C(F)(F)F)cc3c2=O)CC[C@@H]1C(=O)c1ccc(OCc2ccc(Cl)c(Cl)c2)cc1. The van der Waals surface area contributed by atoms with Crippen molar-refractivity contribution in [3.63, 3.8) is 0 Å². The number of halogens is 5. The number of nitrogens with zero attached hydrogens (tertiary/aromatic N) is 3. The maximum Gasteiger partial charge on any atom is 0.416 e. The molecule has 3 atom stereocenters. The summed E-state index contributed by atoms with van der Waals surface area (Å²) in [6, 6.07) is 14.0. The van der Waals surface area contributed by atoms with Crippen molar-refractivity contribution in [1.29, 1.82) is 0 Å². The second kappa shape index (κ2) is 11.7.